The second kappa shape index (κ2) is 6.59. The van der Waals surface area contributed by atoms with E-state index in [0.29, 0.717) is 6.54 Å². The second-order valence-corrected chi connectivity index (χ2v) is 5.15. The first-order valence-corrected chi connectivity index (χ1v) is 6.95. The van der Waals surface area contributed by atoms with Crippen molar-refractivity contribution in [1.29, 1.82) is 0 Å². The van der Waals surface area contributed by atoms with Gasteiger partial charge >= 0.3 is 0 Å². The van der Waals surface area contributed by atoms with Gasteiger partial charge in [-0.15, -0.1) is 11.8 Å². The van der Waals surface area contributed by atoms with Crippen LogP contribution in [-0.2, 0) is 12.3 Å². The molecule has 2 rings (SSSR count). The summed E-state index contributed by atoms with van der Waals surface area (Å²) in [5.41, 5.74) is 7.82. The van der Waals surface area contributed by atoms with Crippen LogP contribution in [0, 0.1) is 5.82 Å². The van der Waals surface area contributed by atoms with E-state index in [1.807, 2.05) is 24.3 Å². The number of benzene rings is 2. The summed E-state index contributed by atoms with van der Waals surface area (Å²) >= 11 is 1.60. The van der Waals surface area contributed by atoms with Gasteiger partial charge in [0.2, 0.25) is 0 Å². The van der Waals surface area contributed by atoms with Crippen molar-refractivity contribution in [3.05, 3.63) is 59.4 Å². The first-order valence-electron chi connectivity index (χ1n) is 5.97. The molecule has 2 aromatic rings. The normalized spacial score (nSPS) is 10.5. The molecular weight excluding hydrogens is 261 g/mol. The van der Waals surface area contributed by atoms with Crippen LogP contribution < -0.4 is 10.5 Å². The van der Waals surface area contributed by atoms with E-state index in [4.69, 9.17) is 10.5 Å². The molecule has 0 saturated heterocycles. The molecule has 0 saturated carbocycles. The molecule has 4 heteroatoms. The number of thioether (sulfide) groups is 1. The molecular formula is C15H16FNOS. The van der Waals surface area contributed by atoms with Gasteiger partial charge in [0, 0.05) is 22.8 Å². The van der Waals surface area contributed by atoms with Crippen molar-refractivity contribution < 1.29 is 9.13 Å². The molecule has 0 bridgehead atoms. The van der Waals surface area contributed by atoms with E-state index < -0.39 is 0 Å². The number of rotatable bonds is 5. The highest BCUT2D eigenvalue weighted by atomic mass is 32.2. The van der Waals surface area contributed by atoms with Crippen LogP contribution in [0.1, 0.15) is 11.1 Å². The zero-order valence-electron chi connectivity index (χ0n) is 10.7. The Bertz CT molecular complexity index is 560. The van der Waals surface area contributed by atoms with Gasteiger partial charge in [-0.1, -0.05) is 12.1 Å². The molecule has 2 aromatic carbocycles. The zero-order valence-corrected chi connectivity index (χ0v) is 11.5. The minimum Gasteiger partial charge on any atom is -0.496 e. The van der Waals surface area contributed by atoms with E-state index in [1.54, 1.807) is 24.9 Å². The van der Waals surface area contributed by atoms with Gasteiger partial charge in [-0.2, -0.15) is 0 Å². The molecule has 100 valence electrons. The fourth-order valence-electron chi connectivity index (χ4n) is 1.80. The average Bonchev–Trinajstić information content (AvgIpc) is 2.45. The SMILES string of the molecule is COc1ccc(CSc2cccc(F)c2)cc1CN. The topological polar surface area (TPSA) is 35.2 Å². The lowest BCUT2D eigenvalue weighted by Gasteiger charge is -2.09. The van der Waals surface area contributed by atoms with Crippen LogP contribution in [0.5, 0.6) is 5.75 Å². The Kier molecular flexibility index (Phi) is 4.82. The monoisotopic (exact) mass is 277 g/mol. The highest BCUT2D eigenvalue weighted by Crippen LogP contribution is 2.26. The lowest BCUT2D eigenvalue weighted by atomic mass is 10.1. The number of hydrogen-bond donors (Lipinski definition) is 1. The predicted octanol–water partition coefficient (Wildman–Crippen LogP) is 3.59. The fourth-order valence-corrected chi connectivity index (χ4v) is 2.69. The van der Waals surface area contributed by atoms with Gasteiger partial charge in [0.1, 0.15) is 11.6 Å². The van der Waals surface area contributed by atoms with Crippen molar-refractivity contribution in [2.75, 3.05) is 7.11 Å². The number of ether oxygens (including phenoxy) is 1. The third-order valence-electron chi connectivity index (χ3n) is 2.77. The van der Waals surface area contributed by atoms with E-state index in [-0.39, 0.29) is 5.82 Å². The van der Waals surface area contributed by atoms with Crippen LogP contribution >= 0.6 is 11.8 Å². The van der Waals surface area contributed by atoms with Gasteiger partial charge in [-0.3, -0.25) is 0 Å². The van der Waals surface area contributed by atoms with Crippen molar-refractivity contribution in [3.63, 3.8) is 0 Å². The first-order chi connectivity index (χ1) is 9.22. The molecule has 0 radical (unpaired) electrons. The summed E-state index contributed by atoms with van der Waals surface area (Å²) in [6.45, 7) is 0.446. The smallest absolute Gasteiger partial charge is 0.124 e. The summed E-state index contributed by atoms with van der Waals surface area (Å²) in [7, 11) is 1.63. The molecule has 2 N–H and O–H groups in total. The number of methoxy groups -OCH3 is 1. The predicted molar refractivity (Wildman–Crippen MR) is 76.8 cm³/mol. The third-order valence-corrected chi connectivity index (χ3v) is 3.83. The molecule has 0 aliphatic carbocycles. The molecule has 0 aliphatic rings. The Morgan fingerprint density at radius 3 is 2.74 bits per heavy atom. The maximum absolute atomic E-state index is 13.1. The van der Waals surface area contributed by atoms with Gasteiger partial charge in [-0.05, 0) is 35.9 Å². The highest BCUT2D eigenvalue weighted by molar-refractivity contribution is 7.98. The Morgan fingerprint density at radius 2 is 2.05 bits per heavy atom. The summed E-state index contributed by atoms with van der Waals surface area (Å²) in [5, 5.41) is 0. The van der Waals surface area contributed by atoms with Crippen LogP contribution in [0.2, 0.25) is 0 Å². The van der Waals surface area contributed by atoms with Gasteiger partial charge in [0.15, 0.2) is 0 Å². The lowest BCUT2D eigenvalue weighted by molar-refractivity contribution is 0.409. The number of halogens is 1. The summed E-state index contributed by atoms with van der Waals surface area (Å²) < 4.78 is 18.3. The van der Waals surface area contributed by atoms with Crippen molar-refractivity contribution in [2.24, 2.45) is 5.73 Å². The van der Waals surface area contributed by atoms with Crippen molar-refractivity contribution >= 4 is 11.8 Å². The summed E-state index contributed by atoms with van der Waals surface area (Å²) in [5.74, 6) is 1.38. The fraction of sp³-hybridized carbons (Fsp3) is 0.200. The standard InChI is InChI=1S/C15H16FNOS/c1-18-15-6-5-11(7-12(15)9-17)10-19-14-4-2-3-13(16)8-14/h2-8H,9-10,17H2,1H3. The Balaban J connectivity index is 2.07. The van der Waals surface area contributed by atoms with E-state index in [0.717, 1.165) is 27.5 Å². The molecule has 0 fully saturated rings. The molecule has 0 atom stereocenters. The minimum absolute atomic E-state index is 0.206. The molecule has 0 amide bonds. The lowest BCUT2D eigenvalue weighted by Crippen LogP contribution is -2.00. The molecule has 0 heterocycles. The van der Waals surface area contributed by atoms with Crippen LogP contribution in [0.3, 0.4) is 0 Å². The van der Waals surface area contributed by atoms with Crippen molar-refractivity contribution in [3.8, 4) is 5.75 Å². The van der Waals surface area contributed by atoms with Crippen molar-refractivity contribution in [2.45, 2.75) is 17.2 Å². The Labute approximate surface area is 116 Å². The van der Waals surface area contributed by atoms with E-state index in [9.17, 15) is 4.39 Å². The van der Waals surface area contributed by atoms with Crippen LogP contribution in [0.15, 0.2) is 47.4 Å². The summed E-state index contributed by atoms with van der Waals surface area (Å²) in [4.78, 5) is 0.921. The van der Waals surface area contributed by atoms with Crippen molar-refractivity contribution in [1.82, 2.24) is 0 Å². The average molecular weight is 277 g/mol. The van der Waals surface area contributed by atoms with Crippen LogP contribution in [0.4, 0.5) is 4.39 Å². The van der Waals surface area contributed by atoms with E-state index in [1.165, 1.54) is 12.1 Å². The maximum Gasteiger partial charge on any atom is 0.124 e. The third kappa shape index (κ3) is 3.72. The van der Waals surface area contributed by atoms with Crippen LogP contribution in [0.25, 0.3) is 0 Å². The first kappa shape index (κ1) is 13.9. The number of nitrogens with two attached hydrogens (primary N) is 1. The quantitative estimate of drug-likeness (QED) is 0.848. The van der Waals surface area contributed by atoms with E-state index >= 15 is 0 Å². The minimum atomic E-state index is -0.206. The Hall–Kier alpha value is -1.52. The molecule has 0 unspecified atom stereocenters. The molecule has 2 nitrogen and oxygen atoms in total. The molecule has 0 aliphatic heterocycles. The van der Waals surface area contributed by atoms with Gasteiger partial charge in [0.25, 0.3) is 0 Å². The second-order valence-electron chi connectivity index (χ2n) is 4.10. The van der Waals surface area contributed by atoms with Gasteiger partial charge < -0.3 is 10.5 Å². The van der Waals surface area contributed by atoms with Gasteiger partial charge in [0.05, 0.1) is 7.11 Å². The molecule has 0 spiro atoms. The highest BCUT2D eigenvalue weighted by Gasteiger charge is 2.04. The maximum atomic E-state index is 13.1. The largest absolute Gasteiger partial charge is 0.496 e. The Morgan fingerprint density at radius 1 is 1.21 bits per heavy atom. The van der Waals surface area contributed by atoms with E-state index in [2.05, 4.69) is 0 Å². The van der Waals surface area contributed by atoms with Gasteiger partial charge in [-0.25, -0.2) is 4.39 Å². The van der Waals surface area contributed by atoms with Crippen LogP contribution in [-0.4, -0.2) is 7.11 Å². The summed E-state index contributed by atoms with van der Waals surface area (Å²) in [6, 6.07) is 12.6. The number of hydrogen-bond acceptors (Lipinski definition) is 3. The molecule has 0 aromatic heterocycles. The zero-order chi connectivity index (χ0) is 13.7. The molecule has 19 heavy (non-hydrogen) atoms. The summed E-state index contributed by atoms with van der Waals surface area (Å²) in [6.07, 6.45) is 0.